The molecule has 13 aromatic rings. The highest BCUT2D eigenvalue weighted by Gasteiger charge is 2.21. The van der Waals surface area contributed by atoms with E-state index in [2.05, 4.69) is 156 Å². The van der Waals surface area contributed by atoms with Crippen LogP contribution in [0.1, 0.15) is 0 Å². The van der Waals surface area contributed by atoms with Crippen LogP contribution in [0.3, 0.4) is 0 Å². The highest BCUT2D eigenvalue weighted by Crippen LogP contribution is 2.46. The number of thiophene rings is 1. The van der Waals surface area contributed by atoms with Crippen molar-refractivity contribution >= 4 is 106 Å². The Hall–Kier alpha value is -6.99. The predicted molar refractivity (Wildman–Crippen MR) is 242 cm³/mol. The first-order valence-corrected chi connectivity index (χ1v) is 20.7. The first-order chi connectivity index (χ1) is 28.2. The Morgan fingerprint density at radius 2 is 0.912 bits per heavy atom. The number of hydrogen-bond donors (Lipinski definition) is 0. The monoisotopic (exact) mass is 760 g/mol. The van der Waals surface area contributed by atoms with Gasteiger partial charge in [0.05, 0.1) is 11.0 Å². The summed E-state index contributed by atoms with van der Waals surface area (Å²) in [6.07, 6.45) is 0. The van der Waals surface area contributed by atoms with Crippen LogP contribution < -0.4 is 0 Å². The van der Waals surface area contributed by atoms with Gasteiger partial charge < -0.3 is 4.57 Å². The maximum Gasteiger partial charge on any atom is 0.164 e. The average molecular weight is 761 g/mol. The van der Waals surface area contributed by atoms with E-state index in [1.165, 1.54) is 72.9 Å². The molecule has 0 saturated heterocycles. The number of fused-ring (bicyclic) bond motifs is 4. The molecule has 0 aliphatic heterocycles. The van der Waals surface area contributed by atoms with Crippen molar-refractivity contribution < 1.29 is 0 Å². The van der Waals surface area contributed by atoms with Crippen LogP contribution in [-0.4, -0.2) is 19.5 Å². The fourth-order valence-corrected chi connectivity index (χ4v) is 11.4. The molecule has 9 aromatic carbocycles. The molecule has 13 rings (SSSR count). The Bertz CT molecular complexity index is 3660. The van der Waals surface area contributed by atoms with Crippen molar-refractivity contribution in [3.05, 3.63) is 170 Å². The van der Waals surface area contributed by atoms with Crippen LogP contribution in [0.5, 0.6) is 0 Å². The molecule has 0 aliphatic carbocycles. The molecule has 0 saturated carbocycles. The smallest absolute Gasteiger partial charge is 0.164 e. The number of hydrogen-bond acceptors (Lipinski definition) is 5. The largest absolute Gasteiger partial charge is 0.309 e. The number of benzene rings is 9. The van der Waals surface area contributed by atoms with Gasteiger partial charge in [0.2, 0.25) is 0 Å². The Morgan fingerprint density at radius 1 is 0.351 bits per heavy atom. The van der Waals surface area contributed by atoms with E-state index in [-0.39, 0.29) is 0 Å². The van der Waals surface area contributed by atoms with E-state index < -0.39 is 0 Å². The first-order valence-electron chi connectivity index (χ1n) is 19.1. The summed E-state index contributed by atoms with van der Waals surface area (Å²) in [6, 6.07) is 61.2. The van der Waals surface area contributed by atoms with Crippen molar-refractivity contribution in [2.45, 2.75) is 0 Å². The van der Waals surface area contributed by atoms with Crippen LogP contribution in [0, 0.1) is 0 Å². The lowest BCUT2D eigenvalue weighted by Crippen LogP contribution is -2.00. The molecular formula is C51H28N4S2. The number of nitrogens with zero attached hydrogens (tertiary/aromatic N) is 4. The third kappa shape index (κ3) is 4.57. The Kier molecular flexibility index (Phi) is 6.45. The molecule has 0 fully saturated rings. The minimum atomic E-state index is 0.654. The predicted octanol–water partition coefficient (Wildman–Crippen LogP) is 14.4. The average Bonchev–Trinajstić information content (AvgIpc) is 3.77. The number of rotatable bonds is 4. The van der Waals surface area contributed by atoms with E-state index in [4.69, 9.17) is 15.0 Å². The van der Waals surface area contributed by atoms with E-state index in [1.807, 2.05) is 29.5 Å². The van der Waals surface area contributed by atoms with Crippen molar-refractivity contribution in [1.82, 2.24) is 19.5 Å². The quantitative estimate of drug-likeness (QED) is 0.179. The van der Waals surface area contributed by atoms with Crippen LogP contribution >= 0.6 is 22.7 Å². The Labute approximate surface area is 333 Å². The van der Waals surface area contributed by atoms with Gasteiger partial charge in [0.25, 0.3) is 0 Å². The van der Waals surface area contributed by atoms with Crippen molar-refractivity contribution in [2.24, 2.45) is 0 Å². The van der Waals surface area contributed by atoms with Crippen LogP contribution in [0.4, 0.5) is 0 Å². The lowest BCUT2D eigenvalue weighted by atomic mass is 10.00. The highest BCUT2D eigenvalue weighted by molar-refractivity contribution is 7.26. The molecule has 0 unspecified atom stereocenters. The van der Waals surface area contributed by atoms with E-state index in [0.717, 1.165) is 33.2 Å². The summed E-state index contributed by atoms with van der Waals surface area (Å²) in [5.74, 6) is 1.99. The maximum absolute atomic E-state index is 5.21. The molecule has 0 spiro atoms. The number of aromatic nitrogens is 4. The summed E-state index contributed by atoms with van der Waals surface area (Å²) in [6.45, 7) is 0. The van der Waals surface area contributed by atoms with Gasteiger partial charge in [0.1, 0.15) is 0 Å². The second-order valence-corrected chi connectivity index (χ2v) is 16.9. The van der Waals surface area contributed by atoms with Gasteiger partial charge >= 0.3 is 0 Å². The van der Waals surface area contributed by atoms with Crippen molar-refractivity contribution in [3.8, 4) is 39.9 Å². The SMILES string of the molecule is c1ccc(-c2nc(-c3ccc4cc(-n5c6ccc7cccc8sc9cccc%10ccc5c(c%109)c6c78)ccc4c3)nc(-c3cccc4sc5ccccc5c34)n2)cc1. The van der Waals surface area contributed by atoms with Gasteiger partial charge in [-0.1, -0.05) is 115 Å². The molecule has 0 amide bonds. The zero-order valence-corrected chi connectivity index (χ0v) is 31.9. The molecular weight excluding hydrogens is 733 g/mol. The van der Waals surface area contributed by atoms with Crippen LogP contribution in [-0.2, 0) is 0 Å². The van der Waals surface area contributed by atoms with E-state index in [9.17, 15) is 0 Å². The van der Waals surface area contributed by atoms with Crippen LogP contribution in [0.25, 0.3) is 124 Å². The minimum Gasteiger partial charge on any atom is -0.309 e. The molecule has 0 bridgehead atoms. The molecule has 57 heavy (non-hydrogen) atoms. The summed E-state index contributed by atoms with van der Waals surface area (Å²) < 4.78 is 7.55. The van der Waals surface area contributed by atoms with Crippen molar-refractivity contribution in [2.75, 3.05) is 0 Å². The van der Waals surface area contributed by atoms with Gasteiger partial charge in [-0.3, -0.25) is 0 Å². The van der Waals surface area contributed by atoms with Gasteiger partial charge in [-0.2, -0.15) is 0 Å². The van der Waals surface area contributed by atoms with E-state index >= 15 is 0 Å². The lowest BCUT2D eigenvalue weighted by Gasteiger charge is -2.12. The van der Waals surface area contributed by atoms with Crippen LogP contribution in [0.2, 0.25) is 0 Å². The summed E-state index contributed by atoms with van der Waals surface area (Å²) in [5.41, 5.74) is 6.52. The molecule has 6 heteroatoms. The lowest BCUT2D eigenvalue weighted by molar-refractivity contribution is 1.08. The second kappa shape index (κ2) is 11.8. The maximum atomic E-state index is 5.21. The molecule has 264 valence electrons. The second-order valence-electron chi connectivity index (χ2n) is 14.8. The molecule has 0 radical (unpaired) electrons. The molecule has 0 N–H and O–H groups in total. The van der Waals surface area contributed by atoms with Gasteiger partial charge in [0.15, 0.2) is 17.5 Å². The summed E-state index contributed by atoms with van der Waals surface area (Å²) in [5, 5.41) is 12.6. The van der Waals surface area contributed by atoms with E-state index in [1.54, 1.807) is 11.3 Å². The fraction of sp³-hybridized carbons (Fsp3) is 0. The van der Waals surface area contributed by atoms with Crippen molar-refractivity contribution in [1.29, 1.82) is 0 Å². The standard InChI is InChI=1S/C51H28N4S2/c1-2-9-31(10-3-1)49-52-50(54-51(53-49)37-14-8-18-43-46(37)36-13-4-5-15-40(36)56-43)34-20-19-33-28-35(24-21-32(33)27-34)55-38-25-22-29-11-6-16-41-44(29)47(38)48-39(55)26-23-30-12-7-17-42(57-41)45(30)48/h1-28H. The van der Waals surface area contributed by atoms with Crippen LogP contribution in [0.15, 0.2) is 170 Å². The molecule has 0 atom stereocenters. The zero-order chi connectivity index (χ0) is 37.2. The molecule has 4 aromatic heterocycles. The Balaban J connectivity index is 0.999. The third-order valence-corrected chi connectivity index (χ3v) is 13.8. The normalized spacial score (nSPS) is 12.2. The fourth-order valence-electron chi connectivity index (χ4n) is 9.06. The topological polar surface area (TPSA) is 43.6 Å². The third-order valence-electron chi connectivity index (χ3n) is 11.6. The van der Waals surface area contributed by atoms with Gasteiger partial charge in [0, 0.05) is 73.5 Å². The molecule has 0 aliphatic rings. The molecule has 4 heterocycles. The Morgan fingerprint density at radius 3 is 1.67 bits per heavy atom. The molecule has 4 nitrogen and oxygen atoms in total. The van der Waals surface area contributed by atoms with Gasteiger partial charge in [-0.15, -0.1) is 22.7 Å². The first kappa shape index (κ1) is 31.2. The van der Waals surface area contributed by atoms with Gasteiger partial charge in [-0.05, 0) is 76.1 Å². The summed E-state index contributed by atoms with van der Waals surface area (Å²) in [4.78, 5) is 15.4. The van der Waals surface area contributed by atoms with Crippen molar-refractivity contribution in [3.63, 3.8) is 0 Å². The highest BCUT2D eigenvalue weighted by atomic mass is 32.1. The van der Waals surface area contributed by atoms with E-state index in [0.29, 0.717) is 17.5 Å². The summed E-state index contributed by atoms with van der Waals surface area (Å²) >= 11 is 3.69. The van der Waals surface area contributed by atoms with Gasteiger partial charge in [-0.25, -0.2) is 15.0 Å². The minimum absolute atomic E-state index is 0.654. The zero-order valence-electron chi connectivity index (χ0n) is 30.3. The summed E-state index contributed by atoms with van der Waals surface area (Å²) in [7, 11) is 0.